The van der Waals surface area contributed by atoms with Crippen molar-refractivity contribution in [3.05, 3.63) is 59.7 Å². The minimum atomic E-state index is -0.922. The van der Waals surface area contributed by atoms with Gasteiger partial charge in [-0.25, -0.2) is 4.79 Å². The van der Waals surface area contributed by atoms with E-state index in [4.69, 9.17) is 9.84 Å². The molecule has 0 saturated heterocycles. The molecule has 174 valence electrons. The first-order chi connectivity index (χ1) is 16.0. The fourth-order valence-electron chi connectivity index (χ4n) is 5.13. The number of nitrogens with one attached hydrogen (secondary N) is 1. The molecule has 2 aromatic rings. The second-order valence-corrected chi connectivity index (χ2v) is 8.91. The fourth-order valence-corrected chi connectivity index (χ4v) is 5.13. The van der Waals surface area contributed by atoms with Crippen molar-refractivity contribution in [1.29, 1.82) is 0 Å². The number of carbonyl (C=O) groups excluding carboxylic acids is 2. The van der Waals surface area contributed by atoms with E-state index in [-0.39, 0.29) is 43.2 Å². The van der Waals surface area contributed by atoms with Crippen molar-refractivity contribution >= 4 is 18.0 Å². The molecule has 2 aliphatic carbocycles. The Hall–Kier alpha value is -3.35. The lowest BCUT2D eigenvalue weighted by atomic mass is 9.94. The van der Waals surface area contributed by atoms with E-state index in [9.17, 15) is 14.4 Å². The summed E-state index contributed by atoms with van der Waals surface area (Å²) in [4.78, 5) is 37.5. The second-order valence-electron chi connectivity index (χ2n) is 8.91. The number of hydrogen-bond donors (Lipinski definition) is 2. The first-order valence-corrected chi connectivity index (χ1v) is 11.5. The van der Waals surface area contributed by atoms with Crippen molar-refractivity contribution in [3.63, 3.8) is 0 Å². The molecule has 1 saturated carbocycles. The molecule has 0 aliphatic heterocycles. The standard InChI is InChI=1S/C26H30N2O5/c1-28(14-13-24(29)30)25(31)18-12-6-7-17(18)15-27-26(32)33-16-23-21-10-4-2-8-19(21)20-9-3-5-11-22(20)23/h2-5,8-11,17-18,23H,6-7,12-16H2,1H3,(H,27,32)(H,29,30)/t17-,18-/m0/s1. The van der Waals surface area contributed by atoms with Gasteiger partial charge >= 0.3 is 12.1 Å². The number of carboxylic acid groups (broad SMARTS) is 1. The third kappa shape index (κ3) is 5.02. The van der Waals surface area contributed by atoms with E-state index in [0.29, 0.717) is 6.54 Å². The second kappa shape index (κ2) is 10.1. The molecule has 0 aromatic heterocycles. The zero-order valence-electron chi connectivity index (χ0n) is 18.8. The van der Waals surface area contributed by atoms with Crippen LogP contribution in [0.2, 0.25) is 0 Å². The summed E-state index contributed by atoms with van der Waals surface area (Å²) in [6, 6.07) is 16.4. The summed E-state index contributed by atoms with van der Waals surface area (Å²) in [5, 5.41) is 11.7. The van der Waals surface area contributed by atoms with E-state index in [1.54, 1.807) is 7.05 Å². The maximum absolute atomic E-state index is 12.7. The molecule has 0 bridgehead atoms. The molecule has 4 rings (SSSR count). The third-order valence-corrected chi connectivity index (χ3v) is 6.87. The number of aliphatic carboxylic acids is 1. The van der Waals surface area contributed by atoms with E-state index < -0.39 is 12.1 Å². The molecule has 2 atom stereocenters. The van der Waals surface area contributed by atoms with Crippen LogP contribution in [0.3, 0.4) is 0 Å². The Morgan fingerprint density at radius 1 is 1.03 bits per heavy atom. The minimum absolute atomic E-state index is 0.00633. The number of carbonyl (C=O) groups is 3. The van der Waals surface area contributed by atoms with Crippen molar-refractivity contribution < 1.29 is 24.2 Å². The molecule has 2 N–H and O–H groups in total. The van der Waals surface area contributed by atoms with Gasteiger partial charge in [0.1, 0.15) is 6.61 Å². The van der Waals surface area contributed by atoms with Crippen molar-refractivity contribution in [1.82, 2.24) is 10.2 Å². The number of amides is 2. The van der Waals surface area contributed by atoms with Gasteiger partial charge in [0, 0.05) is 32.0 Å². The van der Waals surface area contributed by atoms with Crippen LogP contribution in [0.15, 0.2) is 48.5 Å². The lowest BCUT2D eigenvalue weighted by Crippen LogP contribution is -2.39. The highest BCUT2D eigenvalue weighted by Crippen LogP contribution is 2.44. The first kappa shape index (κ1) is 22.8. The van der Waals surface area contributed by atoms with Gasteiger partial charge in [0.25, 0.3) is 0 Å². The highest BCUT2D eigenvalue weighted by atomic mass is 16.5. The van der Waals surface area contributed by atoms with Crippen LogP contribution in [0.1, 0.15) is 42.7 Å². The van der Waals surface area contributed by atoms with E-state index in [1.165, 1.54) is 16.0 Å². The summed E-state index contributed by atoms with van der Waals surface area (Å²) in [5.41, 5.74) is 4.69. The number of hydrogen-bond acceptors (Lipinski definition) is 4. The Morgan fingerprint density at radius 2 is 1.67 bits per heavy atom. The maximum atomic E-state index is 12.7. The molecule has 0 radical (unpaired) electrons. The van der Waals surface area contributed by atoms with Crippen LogP contribution in [-0.4, -0.2) is 54.7 Å². The highest BCUT2D eigenvalue weighted by Gasteiger charge is 2.35. The molecule has 2 aliphatic rings. The summed E-state index contributed by atoms with van der Waals surface area (Å²) in [6.07, 6.45) is 1.98. The lowest BCUT2D eigenvalue weighted by molar-refractivity contribution is -0.139. The van der Waals surface area contributed by atoms with Gasteiger partial charge in [0.2, 0.25) is 5.91 Å². The van der Waals surface area contributed by atoms with Gasteiger partial charge in [-0.3, -0.25) is 9.59 Å². The number of rotatable bonds is 8. The Morgan fingerprint density at radius 3 is 2.30 bits per heavy atom. The molecular formula is C26H30N2O5. The average molecular weight is 451 g/mol. The zero-order chi connectivity index (χ0) is 23.4. The largest absolute Gasteiger partial charge is 0.481 e. The van der Waals surface area contributed by atoms with Crippen LogP contribution in [0.25, 0.3) is 11.1 Å². The zero-order valence-corrected chi connectivity index (χ0v) is 18.8. The Labute approximate surface area is 193 Å². The van der Waals surface area contributed by atoms with Crippen LogP contribution < -0.4 is 5.32 Å². The monoisotopic (exact) mass is 450 g/mol. The van der Waals surface area contributed by atoms with Gasteiger partial charge in [-0.2, -0.15) is 0 Å². The molecule has 1 fully saturated rings. The van der Waals surface area contributed by atoms with Gasteiger partial charge in [-0.05, 0) is 41.0 Å². The van der Waals surface area contributed by atoms with Gasteiger partial charge < -0.3 is 20.1 Å². The topological polar surface area (TPSA) is 95.9 Å². The Kier molecular flexibility index (Phi) is 6.96. The first-order valence-electron chi connectivity index (χ1n) is 11.5. The molecule has 0 heterocycles. The maximum Gasteiger partial charge on any atom is 0.407 e. The smallest absolute Gasteiger partial charge is 0.407 e. The van der Waals surface area contributed by atoms with Crippen molar-refractivity contribution in [2.75, 3.05) is 26.7 Å². The van der Waals surface area contributed by atoms with Crippen molar-refractivity contribution in [2.24, 2.45) is 11.8 Å². The Bertz CT molecular complexity index is 991. The van der Waals surface area contributed by atoms with Crippen LogP contribution >= 0.6 is 0 Å². The number of nitrogens with zero attached hydrogens (tertiary/aromatic N) is 1. The number of carboxylic acids is 1. The normalized spacial score (nSPS) is 18.9. The molecule has 33 heavy (non-hydrogen) atoms. The predicted molar refractivity (Wildman–Crippen MR) is 124 cm³/mol. The van der Waals surface area contributed by atoms with Crippen molar-refractivity contribution in [2.45, 2.75) is 31.6 Å². The summed E-state index contributed by atoms with van der Waals surface area (Å²) < 4.78 is 5.60. The van der Waals surface area contributed by atoms with Crippen LogP contribution in [-0.2, 0) is 14.3 Å². The van der Waals surface area contributed by atoms with Crippen LogP contribution in [0.4, 0.5) is 4.79 Å². The Balaban J connectivity index is 1.30. The molecule has 0 unspecified atom stereocenters. The molecule has 2 amide bonds. The number of benzene rings is 2. The predicted octanol–water partition coefficient (Wildman–Crippen LogP) is 3.87. The number of fused-ring (bicyclic) bond motifs is 3. The molecule has 2 aromatic carbocycles. The average Bonchev–Trinajstić information content (AvgIpc) is 3.42. The lowest BCUT2D eigenvalue weighted by Gasteiger charge is -2.25. The van der Waals surface area contributed by atoms with Crippen LogP contribution in [0.5, 0.6) is 0 Å². The summed E-state index contributed by atoms with van der Waals surface area (Å²) in [5.74, 6) is -1.13. The fraction of sp³-hybridized carbons (Fsp3) is 0.423. The number of alkyl carbamates (subject to hydrolysis) is 1. The summed E-state index contributed by atoms with van der Waals surface area (Å²) >= 11 is 0. The molecule has 0 spiro atoms. The SMILES string of the molecule is CN(CCC(=O)O)C(=O)[C@H]1CCC[C@H]1CNC(=O)OCC1c2ccccc2-c2ccccc21. The van der Waals surface area contributed by atoms with Gasteiger partial charge in [0.05, 0.1) is 6.42 Å². The van der Waals surface area contributed by atoms with E-state index in [1.807, 2.05) is 24.3 Å². The summed E-state index contributed by atoms with van der Waals surface area (Å²) in [7, 11) is 1.64. The summed E-state index contributed by atoms with van der Waals surface area (Å²) in [6.45, 7) is 0.821. The highest BCUT2D eigenvalue weighted by molar-refractivity contribution is 5.80. The molecular weight excluding hydrogens is 420 g/mol. The van der Waals surface area contributed by atoms with Gasteiger partial charge in [-0.1, -0.05) is 55.0 Å². The third-order valence-electron chi connectivity index (χ3n) is 6.87. The van der Waals surface area contributed by atoms with Gasteiger partial charge in [0.15, 0.2) is 0 Å². The van der Waals surface area contributed by atoms with Crippen molar-refractivity contribution in [3.8, 4) is 11.1 Å². The van der Waals surface area contributed by atoms with E-state index in [0.717, 1.165) is 30.4 Å². The van der Waals surface area contributed by atoms with Gasteiger partial charge in [-0.15, -0.1) is 0 Å². The molecule has 7 nitrogen and oxygen atoms in total. The quantitative estimate of drug-likeness (QED) is 0.636. The van der Waals surface area contributed by atoms with E-state index in [2.05, 4.69) is 29.6 Å². The number of ether oxygens (including phenoxy) is 1. The van der Waals surface area contributed by atoms with E-state index >= 15 is 0 Å². The van der Waals surface area contributed by atoms with Crippen LogP contribution in [0, 0.1) is 11.8 Å². The minimum Gasteiger partial charge on any atom is -0.481 e. The molecule has 7 heteroatoms.